The fourth-order valence-electron chi connectivity index (χ4n) is 2.48. The first-order chi connectivity index (χ1) is 10.9. The van der Waals surface area contributed by atoms with E-state index in [1.54, 1.807) is 18.5 Å². The highest BCUT2D eigenvalue weighted by molar-refractivity contribution is 7.89. The smallest absolute Gasteiger partial charge is 0.262 e. The van der Waals surface area contributed by atoms with Crippen LogP contribution in [-0.2, 0) is 28.4 Å². The molecule has 1 saturated heterocycles. The van der Waals surface area contributed by atoms with Crippen molar-refractivity contribution in [2.45, 2.75) is 37.5 Å². The van der Waals surface area contributed by atoms with Gasteiger partial charge in [-0.2, -0.15) is 9.29 Å². The molecular weight excluding hydrogens is 322 g/mol. The summed E-state index contributed by atoms with van der Waals surface area (Å²) in [6.07, 6.45) is 4.22. The van der Waals surface area contributed by atoms with E-state index >= 15 is 0 Å². The molecule has 0 unspecified atom stereocenters. The quantitative estimate of drug-likeness (QED) is 0.779. The van der Waals surface area contributed by atoms with Crippen LogP contribution in [0.3, 0.4) is 0 Å². The Labute approximate surface area is 134 Å². The van der Waals surface area contributed by atoms with E-state index in [1.165, 1.54) is 16.8 Å². The molecule has 2 aromatic rings. The van der Waals surface area contributed by atoms with Gasteiger partial charge in [0, 0.05) is 26.3 Å². The lowest BCUT2D eigenvalue weighted by Crippen LogP contribution is -2.40. The summed E-state index contributed by atoms with van der Waals surface area (Å²) in [5.74, 6) is 1.01. The second-order valence-electron chi connectivity index (χ2n) is 5.53. The Morgan fingerprint density at radius 1 is 1.39 bits per heavy atom. The third-order valence-electron chi connectivity index (χ3n) is 3.70. The van der Waals surface area contributed by atoms with E-state index in [1.807, 2.05) is 0 Å². The Morgan fingerprint density at radius 3 is 2.70 bits per heavy atom. The molecule has 23 heavy (non-hydrogen) atoms. The predicted molar refractivity (Wildman–Crippen MR) is 78.8 cm³/mol. The molecule has 0 aromatic carbocycles. The second kappa shape index (κ2) is 6.38. The predicted octanol–water partition coefficient (Wildman–Crippen LogP) is 0.481. The zero-order valence-electron chi connectivity index (χ0n) is 13.0. The zero-order chi connectivity index (χ0) is 16.4. The molecule has 1 aliphatic heterocycles. The fraction of sp³-hybridized carbons (Fsp3) is 0.615. The first-order valence-corrected chi connectivity index (χ1v) is 8.78. The third-order valence-corrected chi connectivity index (χ3v) is 5.48. The van der Waals surface area contributed by atoms with E-state index in [4.69, 9.17) is 9.26 Å². The van der Waals surface area contributed by atoms with Crippen molar-refractivity contribution in [3.8, 4) is 0 Å². The molecule has 2 aromatic heterocycles. The van der Waals surface area contributed by atoms with Crippen LogP contribution in [0.1, 0.15) is 24.6 Å². The number of aryl methyl sites for hydroxylation is 2. The van der Waals surface area contributed by atoms with Crippen LogP contribution in [-0.4, -0.2) is 51.6 Å². The molecule has 3 heterocycles. The normalized spacial score (nSPS) is 17.7. The van der Waals surface area contributed by atoms with E-state index in [0.29, 0.717) is 37.6 Å². The maximum absolute atomic E-state index is 12.5. The monoisotopic (exact) mass is 341 g/mol. The average Bonchev–Trinajstić information content (AvgIpc) is 3.14. The molecule has 1 fully saturated rings. The number of piperidine rings is 1. The summed E-state index contributed by atoms with van der Waals surface area (Å²) in [6, 6.07) is 0. The van der Waals surface area contributed by atoms with E-state index in [-0.39, 0.29) is 17.7 Å². The molecule has 10 heteroatoms. The van der Waals surface area contributed by atoms with Gasteiger partial charge in [0.25, 0.3) is 15.9 Å². The van der Waals surface area contributed by atoms with Crippen LogP contribution < -0.4 is 0 Å². The lowest BCUT2D eigenvalue weighted by molar-refractivity contribution is -0.00121. The van der Waals surface area contributed by atoms with Crippen molar-refractivity contribution in [3.63, 3.8) is 0 Å². The molecule has 3 rings (SSSR count). The van der Waals surface area contributed by atoms with Gasteiger partial charge >= 0.3 is 0 Å². The van der Waals surface area contributed by atoms with Crippen LogP contribution in [0.15, 0.2) is 22.1 Å². The summed E-state index contributed by atoms with van der Waals surface area (Å²) in [5, 5.41) is 3.78. The van der Waals surface area contributed by atoms with Gasteiger partial charge in [-0.05, 0) is 19.8 Å². The summed E-state index contributed by atoms with van der Waals surface area (Å²) in [5.41, 5.74) is 0. The lowest BCUT2D eigenvalue weighted by atomic mass is 10.1. The molecule has 0 saturated carbocycles. The Balaban J connectivity index is 1.54. The van der Waals surface area contributed by atoms with Crippen molar-refractivity contribution < 1.29 is 17.7 Å². The van der Waals surface area contributed by atoms with Gasteiger partial charge in [-0.1, -0.05) is 5.16 Å². The molecule has 0 radical (unpaired) electrons. The Kier molecular flexibility index (Phi) is 4.46. The lowest BCUT2D eigenvalue weighted by Gasteiger charge is -2.30. The number of aromatic nitrogens is 4. The van der Waals surface area contributed by atoms with Gasteiger partial charge < -0.3 is 13.8 Å². The van der Waals surface area contributed by atoms with Crippen LogP contribution in [0.25, 0.3) is 0 Å². The van der Waals surface area contributed by atoms with Crippen LogP contribution in [0, 0.1) is 6.92 Å². The van der Waals surface area contributed by atoms with E-state index in [0.717, 1.165) is 0 Å². The molecule has 1 aliphatic rings. The summed E-state index contributed by atoms with van der Waals surface area (Å²) < 4.78 is 38.7. The number of hydrogen-bond donors (Lipinski definition) is 0. The van der Waals surface area contributed by atoms with Crippen LogP contribution >= 0.6 is 0 Å². The van der Waals surface area contributed by atoms with Crippen LogP contribution in [0.2, 0.25) is 0 Å². The first-order valence-electron chi connectivity index (χ1n) is 7.34. The summed E-state index contributed by atoms with van der Waals surface area (Å²) in [4.78, 5) is 8.01. The van der Waals surface area contributed by atoms with Gasteiger partial charge in [0.15, 0.2) is 10.9 Å². The Bertz CT molecular complexity index is 761. The van der Waals surface area contributed by atoms with E-state index in [9.17, 15) is 8.42 Å². The molecular formula is C13H19N5O4S. The van der Waals surface area contributed by atoms with Crippen molar-refractivity contribution in [2.24, 2.45) is 7.05 Å². The minimum atomic E-state index is -3.52. The maximum Gasteiger partial charge on any atom is 0.262 e. The molecule has 0 N–H and O–H groups in total. The molecule has 0 atom stereocenters. The van der Waals surface area contributed by atoms with Crippen molar-refractivity contribution in [3.05, 3.63) is 24.2 Å². The second-order valence-corrected chi connectivity index (χ2v) is 7.41. The van der Waals surface area contributed by atoms with E-state index in [2.05, 4.69) is 15.1 Å². The molecule has 0 amide bonds. The Hall–Kier alpha value is -1.78. The van der Waals surface area contributed by atoms with Gasteiger partial charge in [-0.3, -0.25) is 0 Å². The van der Waals surface area contributed by atoms with Crippen molar-refractivity contribution >= 4 is 10.0 Å². The summed E-state index contributed by atoms with van der Waals surface area (Å²) in [7, 11) is -1.78. The van der Waals surface area contributed by atoms with E-state index < -0.39 is 10.0 Å². The highest BCUT2D eigenvalue weighted by Gasteiger charge is 2.31. The van der Waals surface area contributed by atoms with Gasteiger partial charge in [-0.25, -0.2) is 13.4 Å². The van der Waals surface area contributed by atoms with Crippen molar-refractivity contribution in [1.29, 1.82) is 0 Å². The Morgan fingerprint density at radius 2 is 2.13 bits per heavy atom. The molecule has 0 spiro atoms. The highest BCUT2D eigenvalue weighted by atomic mass is 32.2. The molecule has 126 valence electrons. The highest BCUT2D eigenvalue weighted by Crippen LogP contribution is 2.21. The molecule has 0 aliphatic carbocycles. The molecule has 9 nitrogen and oxygen atoms in total. The molecule has 0 bridgehead atoms. The minimum absolute atomic E-state index is 0.0163. The number of sulfonamides is 1. The first kappa shape index (κ1) is 16.1. The maximum atomic E-state index is 12.5. The fourth-order valence-corrected chi connectivity index (χ4v) is 3.92. The largest absolute Gasteiger partial charge is 0.368 e. The van der Waals surface area contributed by atoms with Gasteiger partial charge in [-0.15, -0.1) is 0 Å². The number of hydrogen-bond acceptors (Lipinski definition) is 7. The number of nitrogens with zero attached hydrogens (tertiary/aromatic N) is 5. The van der Waals surface area contributed by atoms with Crippen LogP contribution in [0.5, 0.6) is 0 Å². The summed E-state index contributed by atoms with van der Waals surface area (Å²) >= 11 is 0. The summed E-state index contributed by atoms with van der Waals surface area (Å²) in [6.45, 7) is 2.81. The number of imidazole rings is 1. The van der Waals surface area contributed by atoms with Crippen LogP contribution in [0.4, 0.5) is 0 Å². The van der Waals surface area contributed by atoms with Crippen molar-refractivity contribution in [1.82, 2.24) is 24.0 Å². The zero-order valence-corrected chi connectivity index (χ0v) is 13.9. The van der Waals surface area contributed by atoms with Gasteiger partial charge in [0.2, 0.25) is 0 Å². The number of ether oxygens (including phenoxy) is 1. The number of rotatable bonds is 5. The third kappa shape index (κ3) is 3.59. The standard InChI is InChI=1S/C13H19N5O4S/c1-10-15-12(22-16-10)8-21-11-3-5-18(6-4-11)23(19,20)13-7-17(2)9-14-13/h7,9,11H,3-6,8H2,1-2H3. The SMILES string of the molecule is Cc1noc(COC2CCN(S(=O)(=O)c3cn(C)cn3)CC2)n1. The van der Waals surface area contributed by atoms with Crippen molar-refractivity contribution in [2.75, 3.05) is 13.1 Å². The minimum Gasteiger partial charge on any atom is -0.368 e. The topological polar surface area (TPSA) is 103 Å². The van der Waals surface area contributed by atoms with Gasteiger partial charge in [0.1, 0.15) is 6.61 Å². The van der Waals surface area contributed by atoms with Gasteiger partial charge in [0.05, 0.1) is 12.4 Å². The average molecular weight is 341 g/mol.